The maximum absolute atomic E-state index is 13.3. The summed E-state index contributed by atoms with van der Waals surface area (Å²) in [6, 6.07) is 20.1. The zero-order valence-corrected chi connectivity index (χ0v) is 18.3. The number of anilines is 1. The van der Waals surface area contributed by atoms with Crippen LogP contribution in [-0.2, 0) is 22.4 Å². The lowest BCUT2D eigenvalue weighted by Crippen LogP contribution is -2.49. The van der Waals surface area contributed by atoms with Crippen molar-refractivity contribution in [2.45, 2.75) is 18.9 Å². The van der Waals surface area contributed by atoms with E-state index in [1.807, 2.05) is 60.8 Å². The Morgan fingerprint density at radius 3 is 2.56 bits per heavy atom. The second-order valence-corrected chi connectivity index (χ2v) is 7.97. The highest BCUT2D eigenvalue weighted by atomic mass is 35.5. The Kier molecular flexibility index (Phi) is 6.52. The molecule has 2 amide bonds. The quantitative estimate of drug-likeness (QED) is 0.418. The molecule has 0 aliphatic carbocycles. The number of H-pyrrole nitrogens is 1. The minimum Gasteiger partial charge on any atom is -0.361 e. The lowest BCUT2D eigenvalue weighted by molar-refractivity contribution is -0.127. The van der Waals surface area contributed by atoms with Crippen molar-refractivity contribution in [1.29, 1.82) is 0 Å². The molecule has 2 heterocycles. The molecule has 0 saturated carbocycles. The number of hydrogen-bond donors (Lipinski definition) is 2. The van der Waals surface area contributed by atoms with Crippen LogP contribution in [0.25, 0.3) is 10.9 Å². The van der Waals surface area contributed by atoms with E-state index >= 15 is 0 Å². The number of rotatable bonds is 7. The summed E-state index contributed by atoms with van der Waals surface area (Å²) in [5, 5.41) is 4.29. The number of likely N-dealkylation sites (N-methyl/N-ethyl adjacent to an activating group) is 1. The Balaban J connectivity index is 1.53. The number of aromatic nitrogens is 2. The molecule has 6 nitrogen and oxygen atoms in total. The van der Waals surface area contributed by atoms with E-state index in [0.717, 1.165) is 22.0 Å². The molecule has 4 aromatic rings. The van der Waals surface area contributed by atoms with Gasteiger partial charge in [0.25, 0.3) is 0 Å². The predicted octanol–water partition coefficient (Wildman–Crippen LogP) is 4.15. The highest BCUT2D eigenvalue weighted by molar-refractivity contribution is 6.29. The van der Waals surface area contributed by atoms with Crippen molar-refractivity contribution in [3.63, 3.8) is 0 Å². The van der Waals surface area contributed by atoms with E-state index in [2.05, 4.69) is 15.3 Å². The van der Waals surface area contributed by atoms with Crippen molar-refractivity contribution in [1.82, 2.24) is 15.3 Å². The summed E-state index contributed by atoms with van der Waals surface area (Å²) >= 11 is 5.87. The number of pyridine rings is 1. The minimum absolute atomic E-state index is 0.175. The summed E-state index contributed by atoms with van der Waals surface area (Å²) in [5.74, 6) is -0.447. The average Bonchev–Trinajstić information content (AvgIpc) is 3.21. The number of nitrogens with zero attached hydrogens (tertiary/aromatic N) is 2. The number of fused-ring (bicyclic) bond motifs is 1. The van der Waals surface area contributed by atoms with Gasteiger partial charge in [0.15, 0.2) is 0 Å². The fourth-order valence-corrected chi connectivity index (χ4v) is 3.79. The van der Waals surface area contributed by atoms with Crippen LogP contribution in [-0.4, -0.2) is 34.9 Å². The number of benzene rings is 2. The molecule has 2 aromatic carbocycles. The summed E-state index contributed by atoms with van der Waals surface area (Å²) in [6.45, 7) is 0. The number of aromatic amines is 1. The fourth-order valence-electron chi connectivity index (χ4n) is 3.67. The largest absolute Gasteiger partial charge is 0.361 e. The molecule has 1 atom stereocenters. The van der Waals surface area contributed by atoms with Crippen molar-refractivity contribution in [2.24, 2.45) is 0 Å². The molecule has 0 bridgehead atoms. The maximum Gasteiger partial charge on any atom is 0.249 e. The number of amides is 2. The zero-order valence-electron chi connectivity index (χ0n) is 17.6. The number of carbonyl (C=O) groups excluding carboxylic acids is 2. The maximum atomic E-state index is 13.3. The van der Waals surface area contributed by atoms with Gasteiger partial charge in [0.05, 0.1) is 18.3 Å². The van der Waals surface area contributed by atoms with E-state index in [4.69, 9.17) is 11.6 Å². The SMILES string of the molecule is CN(C(=O)[C@H](Cc1ccccc1)NC(=O)Cc1c[nH]c2ccccc12)c1ccc(Cl)nc1. The number of carbonyl (C=O) groups is 2. The van der Waals surface area contributed by atoms with Gasteiger partial charge in [-0.3, -0.25) is 9.59 Å². The van der Waals surface area contributed by atoms with E-state index in [-0.39, 0.29) is 18.2 Å². The summed E-state index contributed by atoms with van der Waals surface area (Å²) in [6.07, 6.45) is 3.93. The molecule has 2 N–H and O–H groups in total. The van der Waals surface area contributed by atoms with Gasteiger partial charge in [-0.05, 0) is 29.3 Å². The second kappa shape index (κ2) is 9.66. The van der Waals surface area contributed by atoms with E-state index < -0.39 is 6.04 Å². The van der Waals surface area contributed by atoms with Crippen LogP contribution in [0.15, 0.2) is 79.1 Å². The van der Waals surface area contributed by atoms with Crippen LogP contribution >= 0.6 is 11.6 Å². The highest BCUT2D eigenvalue weighted by Crippen LogP contribution is 2.19. The Labute approximate surface area is 191 Å². The molecule has 0 unspecified atom stereocenters. The van der Waals surface area contributed by atoms with Gasteiger partial charge < -0.3 is 15.2 Å². The minimum atomic E-state index is -0.726. The van der Waals surface area contributed by atoms with Gasteiger partial charge in [-0.25, -0.2) is 4.98 Å². The van der Waals surface area contributed by atoms with Gasteiger partial charge in [0, 0.05) is 30.6 Å². The third kappa shape index (κ3) is 4.98. The first-order chi connectivity index (χ1) is 15.5. The number of para-hydroxylation sites is 1. The van der Waals surface area contributed by atoms with E-state index in [1.165, 1.54) is 11.1 Å². The third-order valence-electron chi connectivity index (χ3n) is 5.37. The van der Waals surface area contributed by atoms with Gasteiger partial charge >= 0.3 is 0 Å². The van der Waals surface area contributed by atoms with Crippen LogP contribution in [0.4, 0.5) is 5.69 Å². The standard InChI is InChI=1S/C25H23ClN4O2/c1-30(19-11-12-23(26)28-16-19)25(32)22(13-17-7-3-2-4-8-17)29-24(31)14-18-15-27-21-10-6-5-9-20(18)21/h2-12,15-16,22,27H,13-14H2,1H3,(H,29,31)/t22-/m0/s1. The van der Waals surface area contributed by atoms with E-state index in [1.54, 1.807) is 19.2 Å². The second-order valence-electron chi connectivity index (χ2n) is 7.58. The van der Waals surface area contributed by atoms with Gasteiger partial charge in [0.1, 0.15) is 11.2 Å². The lowest BCUT2D eigenvalue weighted by atomic mass is 10.0. The molecule has 0 fully saturated rings. The van der Waals surface area contributed by atoms with Crippen LogP contribution in [0, 0.1) is 0 Å². The molecule has 2 aromatic heterocycles. The Morgan fingerprint density at radius 2 is 1.81 bits per heavy atom. The Hall–Kier alpha value is -3.64. The topological polar surface area (TPSA) is 78.1 Å². The monoisotopic (exact) mass is 446 g/mol. The van der Waals surface area contributed by atoms with Crippen molar-refractivity contribution < 1.29 is 9.59 Å². The van der Waals surface area contributed by atoms with Crippen molar-refractivity contribution in [3.8, 4) is 0 Å². The molecule has 0 radical (unpaired) electrons. The summed E-state index contributed by atoms with van der Waals surface area (Å²) in [4.78, 5) is 35.0. The highest BCUT2D eigenvalue weighted by Gasteiger charge is 2.26. The van der Waals surface area contributed by atoms with Crippen molar-refractivity contribution >= 4 is 40.0 Å². The van der Waals surface area contributed by atoms with Crippen LogP contribution in [0.1, 0.15) is 11.1 Å². The molecule has 0 aliphatic heterocycles. The first-order valence-electron chi connectivity index (χ1n) is 10.3. The van der Waals surface area contributed by atoms with Crippen LogP contribution in [0.5, 0.6) is 0 Å². The smallest absolute Gasteiger partial charge is 0.249 e. The summed E-state index contributed by atoms with van der Waals surface area (Å²) in [5.41, 5.74) is 3.42. The van der Waals surface area contributed by atoms with Crippen LogP contribution < -0.4 is 10.2 Å². The van der Waals surface area contributed by atoms with Gasteiger partial charge in [-0.2, -0.15) is 0 Å². The predicted molar refractivity (Wildman–Crippen MR) is 127 cm³/mol. The first kappa shape index (κ1) is 21.6. The number of nitrogens with one attached hydrogen (secondary N) is 2. The normalized spacial score (nSPS) is 11.8. The van der Waals surface area contributed by atoms with Crippen LogP contribution in [0.3, 0.4) is 0 Å². The average molecular weight is 447 g/mol. The van der Waals surface area contributed by atoms with Crippen LogP contribution in [0.2, 0.25) is 5.15 Å². The zero-order chi connectivity index (χ0) is 22.5. The van der Waals surface area contributed by atoms with Crippen molar-refractivity contribution in [2.75, 3.05) is 11.9 Å². The third-order valence-corrected chi connectivity index (χ3v) is 5.60. The van der Waals surface area contributed by atoms with Gasteiger partial charge in [-0.15, -0.1) is 0 Å². The molecule has 7 heteroatoms. The van der Waals surface area contributed by atoms with Gasteiger partial charge in [-0.1, -0.05) is 60.1 Å². The molecule has 162 valence electrons. The molecular formula is C25H23ClN4O2. The van der Waals surface area contributed by atoms with Crippen molar-refractivity contribution in [3.05, 3.63) is 95.4 Å². The summed E-state index contributed by atoms with van der Waals surface area (Å²) < 4.78 is 0. The molecular weight excluding hydrogens is 424 g/mol. The molecule has 0 spiro atoms. The number of halogens is 1. The lowest BCUT2D eigenvalue weighted by Gasteiger charge is -2.25. The van der Waals surface area contributed by atoms with E-state index in [0.29, 0.717) is 17.3 Å². The Bertz CT molecular complexity index is 1220. The molecule has 0 saturated heterocycles. The fraction of sp³-hybridized carbons (Fsp3) is 0.160. The number of hydrogen-bond acceptors (Lipinski definition) is 3. The molecule has 32 heavy (non-hydrogen) atoms. The summed E-state index contributed by atoms with van der Waals surface area (Å²) in [7, 11) is 1.66. The Morgan fingerprint density at radius 1 is 1.06 bits per heavy atom. The first-order valence-corrected chi connectivity index (χ1v) is 10.7. The molecule has 4 rings (SSSR count). The van der Waals surface area contributed by atoms with E-state index in [9.17, 15) is 9.59 Å². The molecule has 0 aliphatic rings. The van der Waals surface area contributed by atoms with Gasteiger partial charge in [0.2, 0.25) is 11.8 Å².